The van der Waals surface area contributed by atoms with E-state index in [-0.39, 0.29) is 5.56 Å². The minimum atomic E-state index is -4.52. The Balaban J connectivity index is 1.61. The summed E-state index contributed by atoms with van der Waals surface area (Å²) in [6, 6.07) is 31.5. The van der Waals surface area contributed by atoms with Gasteiger partial charge >= 0.3 is 6.18 Å². The Morgan fingerprint density at radius 1 is 0.730 bits per heavy atom. The van der Waals surface area contributed by atoms with Crippen molar-refractivity contribution in [3.05, 3.63) is 143 Å². The van der Waals surface area contributed by atoms with Crippen LogP contribution in [0.25, 0.3) is 0 Å². The summed E-state index contributed by atoms with van der Waals surface area (Å²) in [5.74, 6) is -2.56. The van der Waals surface area contributed by atoms with Crippen molar-refractivity contribution in [2.45, 2.75) is 30.0 Å². The van der Waals surface area contributed by atoms with Crippen LogP contribution in [0.3, 0.4) is 0 Å². The number of nitrogens with one attached hydrogen (secondary N) is 1. The first kappa shape index (κ1) is 25.4. The number of hydrogen-bond acceptors (Lipinski definition) is 4. The SMILES string of the molecule is O=[P@]1(C(O)c2ccc(C(F)(F)F)cc2)O[C@H](c2ccccc2)[C@H](c2ccccc2)N[C@@H]1c1ccccc1. The lowest BCUT2D eigenvalue weighted by Crippen LogP contribution is -2.38. The van der Waals surface area contributed by atoms with Gasteiger partial charge in [0.1, 0.15) is 11.9 Å². The number of benzene rings is 4. The molecule has 0 radical (unpaired) electrons. The van der Waals surface area contributed by atoms with Crippen LogP contribution in [-0.4, -0.2) is 5.11 Å². The maximum Gasteiger partial charge on any atom is 0.416 e. The molecule has 190 valence electrons. The zero-order valence-electron chi connectivity index (χ0n) is 19.6. The molecule has 1 unspecified atom stereocenters. The van der Waals surface area contributed by atoms with E-state index in [2.05, 4.69) is 5.32 Å². The van der Waals surface area contributed by atoms with Gasteiger partial charge in [0.2, 0.25) is 0 Å². The Bertz CT molecular complexity index is 1370. The first-order valence-corrected chi connectivity index (χ1v) is 13.6. The van der Waals surface area contributed by atoms with Gasteiger partial charge in [-0.3, -0.25) is 9.88 Å². The first-order valence-electron chi connectivity index (χ1n) is 11.8. The highest BCUT2D eigenvalue weighted by Crippen LogP contribution is 2.73. The number of hydrogen-bond donors (Lipinski definition) is 2. The van der Waals surface area contributed by atoms with Crippen molar-refractivity contribution in [3.63, 3.8) is 0 Å². The van der Waals surface area contributed by atoms with E-state index in [1.807, 2.05) is 66.7 Å². The van der Waals surface area contributed by atoms with Gasteiger partial charge in [-0.2, -0.15) is 13.2 Å². The van der Waals surface area contributed by atoms with E-state index in [9.17, 15) is 22.8 Å². The lowest BCUT2D eigenvalue weighted by atomic mass is 9.95. The summed E-state index contributed by atoms with van der Waals surface area (Å²) >= 11 is 0. The highest BCUT2D eigenvalue weighted by Gasteiger charge is 2.51. The molecule has 1 aliphatic heterocycles. The minimum Gasteiger partial charge on any atom is -0.378 e. The van der Waals surface area contributed by atoms with E-state index in [1.165, 1.54) is 0 Å². The molecule has 5 rings (SSSR count). The van der Waals surface area contributed by atoms with E-state index in [1.54, 1.807) is 24.3 Å². The summed E-state index contributed by atoms with van der Waals surface area (Å²) in [7, 11) is -4.03. The van der Waals surface area contributed by atoms with Gasteiger partial charge in [-0.1, -0.05) is 103 Å². The molecule has 0 aromatic heterocycles. The van der Waals surface area contributed by atoms with Crippen LogP contribution >= 0.6 is 7.37 Å². The average molecular weight is 523 g/mol. The number of alkyl halides is 3. The van der Waals surface area contributed by atoms with Crippen molar-refractivity contribution in [1.29, 1.82) is 0 Å². The highest BCUT2D eigenvalue weighted by molar-refractivity contribution is 7.59. The van der Waals surface area contributed by atoms with Crippen molar-refractivity contribution in [1.82, 2.24) is 5.32 Å². The van der Waals surface area contributed by atoms with E-state index >= 15 is 0 Å². The molecular formula is C29H25F3NO3P. The molecule has 1 saturated heterocycles. The van der Waals surface area contributed by atoms with Gasteiger partial charge in [0.05, 0.1) is 11.6 Å². The fraction of sp³-hybridized carbons (Fsp3) is 0.172. The largest absolute Gasteiger partial charge is 0.416 e. The smallest absolute Gasteiger partial charge is 0.378 e. The van der Waals surface area contributed by atoms with E-state index in [4.69, 9.17) is 4.52 Å². The van der Waals surface area contributed by atoms with Crippen molar-refractivity contribution < 1.29 is 27.4 Å². The van der Waals surface area contributed by atoms with Crippen LogP contribution in [0.2, 0.25) is 0 Å². The average Bonchev–Trinajstić information content (AvgIpc) is 2.93. The molecular weight excluding hydrogens is 498 g/mol. The van der Waals surface area contributed by atoms with Crippen LogP contribution in [0, 0.1) is 0 Å². The third kappa shape index (κ3) is 5.13. The van der Waals surface area contributed by atoms with Crippen LogP contribution in [0.15, 0.2) is 115 Å². The van der Waals surface area contributed by atoms with Crippen molar-refractivity contribution >= 4 is 7.37 Å². The fourth-order valence-electron chi connectivity index (χ4n) is 4.68. The van der Waals surface area contributed by atoms with Gasteiger partial charge in [-0.25, -0.2) is 0 Å². The van der Waals surface area contributed by atoms with Crippen LogP contribution < -0.4 is 5.32 Å². The van der Waals surface area contributed by atoms with Gasteiger partial charge in [-0.05, 0) is 34.4 Å². The molecule has 1 heterocycles. The summed E-state index contributed by atoms with van der Waals surface area (Å²) in [6.07, 6.45) is -5.25. The number of aliphatic hydroxyl groups is 1. The molecule has 0 spiro atoms. The maximum atomic E-state index is 14.8. The Morgan fingerprint density at radius 2 is 1.22 bits per heavy atom. The van der Waals surface area contributed by atoms with Crippen LogP contribution in [0.5, 0.6) is 0 Å². The van der Waals surface area contributed by atoms with E-state index in [0.717, 1.165) is 35.4 Å². The van der Waals surface area contributed by atoms with E-state index in [0.29, 0.717) is 5.56 Å². The molecule has 4 aromatic carbocycles. The van der Waals surface area contributed by atoms with Gasteiger partial charge in [0, 0.05) is 0 Å². The lowest BCUT2D eigenvalue weighted by molar-refractivity contribution is -0.137. The van der Waals surface area contributed by atoms with Crippen molar-refractivity contribution in [2.24, 2.45) is 0 Å². The molecule has 0 amide bonds. The van der Waals surface area contributed by atoms with Crippen molar-refractivity contribution in [2.75, 3.05) is 0 Å². The molecule has 1 aliphatic rings. The predicted molar refractivity (Wildman–Crippen MR) is 136 cm³/mol. The monoisotopic (exact) mass is 523 g/mol. The van der Waals surface area contributed by atoms with E-state index < -0.39 is 42.9 Å². The fourth-order valence-corrected chi connectivity index (χ4v) is 7.34. The number of aliphatic hydroxyl groups excluding tert-OH is 1. The number of rotatable bonds is 5. The molecule has 0 saturated carbocycles. The standard InChI is InChI=1S/C29H25F3NO3P/c30-29(31,32)24-18-16-23(17-19-24)28(34)37(35)27(22-14-8-3-9-15-22)33-25(20-10-4-1-5-11-20)26(36-37)21-12-6-2-7-13-21/h1-19,25-28,33-34H/t25-,26+,27-,28?,37-/m0/s1. The van der Waals surface area contributed by atoms with Crippen LogP contribution in [0.1, 0.15) is 51.6 Å². The molecule has 1 fully saturated rings. The van der Waals surface area contributed by atoms with Crippen LogP contribution in [-0.2, 0) is 15.3 Å². The second-order valence-corrected chi connectivity index (χ2v) is 11.5. The quantitative estimate of drug-likeness (QED) is 0.262. The molecule has 5 atom stereocenters. The second kappa shape index (κ2) is 10.3. The third-order valence-corrected chi connectivity index (χ3v) is 9.26. The predicted octanol–water partition coefficient (Wildman–Crippen LogP) is 7.78. The second-order valence-electron chi connectivity index (χ2n) is 8.94. The zero-order chi connectivity index (χ0) is 26.0. The lowest BCUT2D eigenvalue weighted by Gasteiger charge is -2.44. The Morgan fingerprint density at radius 3 is 1.73 bits per heavy atom. The minimum absolute atomic E-state index is 0.0871. The molecule has 0 aliphatic carbocycles. The Hall–Kier alpha value is -3.22. The number of halogens is 3. The van der Waals surface area contributed by atoms with Gasteiger partial charge in [0.15, 0.2) is 5.85 Å². The molecule has 37 heavy (non-hydrogen) atoms. The van der Waals surface area contributed by atoms with Crippen LogP contribution in [0.4, 0.5) is 13.2 Å². The summed E-state index contributed by atoms with van der Waals surface area (Å²) in [5.41, 5.74) is 1.55. The molecule has 0 bridgehead atoms. The molecule has 4 aromatic rings. The summed E-state index contributed by atoms with van der Waals surface area (Å²) < 4.78 is 60.6. The van der Waals surface area contributed by atoms with Gasteiger partial charge in [-0.15, -0.1) is 0 Å². The molecule has 2 N–H and O–H groups in total. The summed E-state index contributed by atoms with van der Waals surface area (Å²) in [6.45, 7) is 0. The highest BCUT2D eigenvalue weighted by atomic mass is 31.2. The Kier molecular flexibility index (Phi) is 7.06. The normalized spacial score (nSPS) is 24.9. The molecule has 4 nitrogen and oxygen atoms in total. The Labute approximate surface area is 213 Å². The molecule has 8 heteroatoms. The zero-order valence-corrected chi connectivity index (χ0v) is 20.5. The third-order valence-electron chi connectivity index (χ3n) is 6.56. The van der Waals surface area contributed by atoms with Gasteiger partial charge in [0.25, 0.3) is 7.37 Å². The summed E-state index contributed by atoms with van der Waals surface area (Å²) in [4.78, 5) is 0. The summed E-state index contributed by atoms with van der Waals surface area (Å²) in [5, 5.41) is 14.9. The topological polar surface area (TPSA) is 58.6 Å². The first-order chi connectivity index (χ1) is 17.8. The van der Waals surface area contributed by atoms with Gasteiger partial charge < -0.3 is 9.63 Å². The van der Waals surface area contributed by atoms with Crippen molar-refractivity contribution in [3.8, 4) is 0 Å². The maximum absolute atomic E-state index is 14.8.